The molecule has 1 atom stereocenters. The Balaban J connectivity index is 1.73. The zero-order valence-corrected chi connectivity index (χ0v) is 13.2. The number of carbonyl (C=O) groups is 1. The molecular weight excluding hydrogens is 304 g/mol. The highest BCUT2D eigenvalue weighted by atomic mass is 16.5. The van der Waals surface area contributed by atoms with Crippen LogP contribution in [-0.2, 0) is 0 Å². The molecule has 2 amide bonds. The molecule has 0 bridgehead atoms. The fourth-order valence-electron chi connectivity index (χ4n) is 2.39. The second-order valence-corrected chi connectivity index (χ2v) is 5.19. The van der Waals surface area contributed by atoms with Crippen LogP contribution >= 0.6 is 0 Å². The maximum Gasteiger partial charge on any atom is 0.320 e. The van der Waals surface area contributed by atoms with Gasteiger partial charge in [0.1, 0.15) is 17.6 Å². The summed E-state index contributed by atoms with van der Waals surface area (Å²) in [6, 6.07) is 19.8. The number of furan rings is 1. The molecular formula is C19H18N2O3. The van der Waals surface area contributed by atoms with Crippen LogP contribution in [0.2, 0.25) is 0 Å². The van der Waals surface area contributed by atoms with Gasteiger partial charge in [-0.3, -0.25) is 0 Å². The van der Waals surface area contributed by atoms with Crippen LogP contribution in [0, 0.1) is 0 Å². The molecule has 24 heavy (non-hydrogen) atoms. The van der Waals surface area contributed by atoms with Gasteiger partial charge in [-0.2, -0.15) is 0 Å². The maximum absolute atomic E-state index is 12.4. The molecule has 0 spiro atoms. The number of urea groups is 1. The van der Waals surface area contributed by atoms with E-state index in [2.05, 4.69) is 10.6 Å². The van der Waals surface area contributed by atoms with Gasteiger partial charge in [0.2, 0.25) is 0 Å². The summed E-state index contributed by atoms with van der Waals surface area (Å²) in [5.41, 5.74) is 1.62. The fraction of sp³-hybridized carbons (Fsp3) is 0.105. The lowest BCUT2D eigenvalue weighted by Gasteiger charge is -2.17. The molecule has 1 heterocycles. The van der Waals surface area contributed by atoms with E-state index in [0.29, 0.717) is 11.4 Å². The number of anilines is 1. The van der Waals surface area contributed by atoms with E-state index in [1.165, 1.54) is 0 Å². The highest BCUT2D eigenvalue weighted by Gasteiger charge is 2.19. The largest absolute Gasteiger partial charge is 0.497 e. The highest BCUT2D eigenvalue weighted by Crippen LogP contribution is 2.22. The Hall–Kier alpha value is -3.21. The predicted molar refractivity (Wildman–Crippen MR) is 92.1 cm³/mol. The zero-order chi connectivity index (χ0) is 16.8. The number of methoxy groups -OCH3 is 1. The third kappa shape index (κ3) is 3.76. The van der Waals surface area contributed by atoms with Crippen LogP contribution < -0.4 is 15.4 Å². The van der Waals surface area contributed by atoms with Crippen molar-refractivity contribution in [1.82, 2.24) is 5.32 Å². The first-order chi connectivity index (χ1) is 11.8. The Kier molecular flexibility index (Phi) is 4.81. The number of amides is 2. The predicted octanol–water partition coefficient (Wildman–Crippen LogP) is 4.20. The molecule has 0 saturated carbocycles. The van der Waals surface area contributed by atoms with Crippen LogP contribution in [0.15, 0.2) is 77.4 Å². The quantitative estimate of drug-likeness (QED) is 0.740. The smallest absolute Gasteiger partial charge is 0.320 e. The summed E-state index contributed by atoms with van der Waals surface area (Å²) in [6.45, 7) is 0. The van der Waals surface area contributed by atoms with Crippen molar-refractivity contribution >= 4 is 11.7 Å². The van der Waals surface area contributed by atoms with Gasteiger partial charge in [0.25, 0.3) is 0 Å². The summed E-state index contributed by atoms with van der Waals surface area (Å²) in [7, 11) is 1.60. The fourth-order valence-corrected chi connectivity index (χ4v) is 2.39. The number of rotatable bonds is 5. The summed E-state index contributed by atoms with van der Waals surface area (Å²) >= 11 is 0. The van der Waals surface area contributed by atoms with Crippen LogP contribution in [0.3, 0.4) is 0 Å². The first kappa shape index (κ1) is 15.7. The van der Waals surface area contributed by atoms with Crippen molar-refractivity contribution in [3.05, 3.63) is 84.3 Å². The van der Waals surface area contributed by atoms with Crippen molar-refractivity contribution in [2.24, 2.45) is 0 Å². The van der Waals surface area contributed by atoms with Crippen LogP contribution in [0.4, 0.5) is 10.5 Å². The van der Waals surface area contributed by atoms with Crippen LogP contribution in [0.1, 0.15) is 17.4 Å². The third-order valence-electron chi connectivity index (χ3n) is 3.58. The molecule has 3 rings (SSSR count). The number of hydrogen-bond donors (Lipinski definition) is 2. The van der Waals surface area contributed by atoms with E-state index in [-0.39, 0.29) is 12.1 Å². The summed E-state index contributed by atoms with van der Waals surface area (Å²) in [5.74, 6) is 1.41. The number of nitrogens with one attached hydrogen (secondary N) is 2. The molecule has 0 saturated heterocycles. The van der Waals surface area contributed by atoms with Crippen molar-refractivity contribution in [2.75, 3.05) is 12.4 Å². The van der Waals surface area contributed by atoms with Crippen LogP contribution in [0.5, 0.6) is 5.75 Å². The van der Waals surface area contributed by atoms with Crippen LogP contribution in [0.25, 0.3) is 0 Å². The van der Waals surface area contributed by atoms with E-state index in [1.54, 1.807) is 43.7 Å². The molecule has 1 aromatic heterocycles. The van der Waals surface area contributed by atoms with Gasteiger partial charge in [-0.25, -0.2) is 4.79 Å². The Labute approximate surface area is 140 Å². The Bertz CT molecular complexity index is 768. The third-order valence-corrected chi connectivity index (χ3v) is 3.58. The Morgan fingerprint density at radius 2 is 1.75 bits per heavy atom. The summed E-state index contributed by atoms with van der Waals surface area (Å²) in [5, 5.41) is 5.75. The normalized spacial score (nSPS) is 11.5. The lowest BCUT2D eigenvalue weighted by Crippen LogP contribution is -2.33. The first-order valence-electron chi connectivity index (χ1n) is 7.56. The molecule has 0 aliphatic heterocycles. The molecule has 0 radical (unpaired) electrons. The zero-order valence-electron chi connectivity index (χ0n) is 13.2. The molecule has 3 aromatic rings. The van der Waals surface area contributed by atoms with Crippen molar-refractivity contribution in [2.45, 2.75) is 6.04 Å². The molecule has 5 nitrogen and oxygen atoms in total. The first-order valence-corrected chi connectivity index (χ1v) is 7.56. The SMILES string of the molecule is COc1ccc(NC(=O)NC(c2ccccc2)c2ccco2)cc1. The second kappa shape index (κ2) is 7.37. The average molecular weight is 322 g/mol. The van der Waals surface area contributed by atoms with Gasteiger partial charge < -0.3 is 19.8 Å². The second-order valence-electron chi connectivity index (χ2n) is 5.19. The summed E-state index contributed by atoms with van der Waals surface area (Å²) in [6.07, 6.45) is 1.59. The minimum Gasteiger partial charge on any atom is -0.497 e. The minimum atomic E-state index is -0.362. The van der Waals surface area contributed by atoms with Crippen molar-refractivity contribution in [3.63, 3.8) is 0 Å². The van der Waals surface area contributed by atoms with E-state index >= 15 is 0 Å². The summed E-state index contributed by atoms with van der Waals surface area (Å²) in [4.78, 5) is 12.4. The standard InChI is InChI=1S/C19H18N2O3/c1-23-16-11-9-15(10-12-16)20-19(22)21-18(17-8-5-13-24-17)14-6-3-2-4-7-14/h2-13,18H,1H3,(H2,20,21,22). The number of hydrogen-bond acceptors (Lipinski definition) is 3. The van der Waals surface area contributed by atoms with E-state index in [9.17, 15) is 4.79 Å². The monoisotopic (exact) mass is 322 g/mol. The Morgan fingerprint density at radius 1 is 1.00 bits per heavy atom. The maximum atomic E-state index is 12.4. The molecule has 0 aliphatic rings. The van der Waals surface area contributed by atoms with Gasteiger partial charge in [0.15, 0.2) is 0 Å². The number of benzene rings is 2. The molecule has 122 valence electrons. The molecule has 2 aromatic carbocycles. The lowest BCUT2D eigenvalue weighted by atomic mass is 10.1. The topological polar surface area (TPSA) is 63.5 Å². The van der Waals surface area contributed by atoms with Gasteiger partial charge in [-0.05, 0) is 42.0 Å². The van der Waals surface area contributed by atoms with Gasteiger partial charge in [-0.15, -0.1) is 0 Å². The van der Waals surface area contributed by atoms with Crippen LogP contribution in [-0.4, -0.2) is 13.1 Å². The lowest BCUT2D eigenvalue weighted by molar-refractivity contribution is 0.248. The Morgan fingerprint density at radius 3 is 2.38 bits per heavy atom. The van der Waals surface area contributed by atoms with Crippen molar-refractivity contribution in [3.8, 4) is 5.75 Å². The summed E-state index contributed by atoms with van der Waals surface area (Å²) < 4.78 is 10.6. The van der Waals surface area contributed by atoms with E-state index in [0.717, 1.165) is 11.3 Å². The van der Waals surface area contributed by atoms with Crippen molar-refractivity contribution < 1.29 is 13.9 Å². The molecule has 0 fully saturated rings. The van der Waals surface area contributed by atoms with Gasteiger partial charge in [0.05, 0.1) is 13.4 Å². The molecule has 2 N–H and O–H groups in total. The van der Waals surface area contributed by atoms with E-state index < -0.39 is 0 Å². The average Bonchev–Trinajstić information content (AvgIpc) is 3.15. The number of carbonyl (C=O) groups excluding carboxylic acids is 1. The number of ether oxygens (including phenoxy) is 1. The van der Waals surface area contributed by atoms with Crippen molar-refractivity contribution in [1.29, 1.82) is 0 Å². The van der Waals surface area contributed by atoms with E-state index in [4.69, 9.17) is 9.15 Å². The minimum absolute atomic E-state index is 0.314. The highest BCUT2D eigenvalue weighted by molar-refractivity contribution is 5.89. The molecule has 0 aliphatic carbocycles. The van der Waals surface area contributed by atoms with E-state index in [1.807, 2.05) is 36.4 Å². The molecule has 1 unspecified atom stereocenters. The van der Waals surface area contributed by atoms with Gasteiger partial charge in [-0.1, -0.05) is 30.3 Å². The van der Waals surface area contributed by atoms with Gasteiger partial charge >= 0.3 is 6.03 Å². The molecule has 5 heteroatoms. The van der Waals surface area contributed by atoms with Gasteiger partial charge in [0, 0.05) is 5.69 Å².